The molecule has 2 aromatic heterocycles. The van der Waals surface area contributed by atoms with Crippen LogP contribution in [0, 0.1) is 0 Å². The summed E-state index contributed by atoms with van der Waals surface area (Å²) < 4.78 is 29.3. The van der Waals surface area contributed by atoms with Crippen molar-refractivity contribution in [1.29, 1.82) is 0 Å². The zero-order valence-corrected chi connectivity index (χ0v) is 21.5. The van der Waals surface area contributed by atoms with E-state index in [-0.39, 0.29) is 12.6 Å². The Morgan fingerprint density at radius 1 is 1.36 bits per heavy atom. The van der Waals surface area contributed by atoms with Gasteiger partial charge in [0.25, 0.3) is 0 Å². The van der Waals surface area contributed by atoms with Crippen LogP contribution in [0.1, 0.15) is 26.5 Å². The highest BCUT2D eigenvalue weighted by molar-refractivity contribution is 7.85. The number of fused-ring (bicyclic) bond motifs is 4. The summed E-state index contributed by atoms with van der Waals surface area (Å²) in [5.41, 5.74) is 5.25. The summed E-state index contributed by atoms with van der Waals surface area (Å²) in [5, 5.41) is 3.31. The lowest BCUT2D eigenvalue weighted by Gasteiger charge is -2.44. The van der Waals surface area contributed by atoms with Crippen LogP contribution in [-0.2, 0) is 22.0 Å². The minimum atomic E-state index is -1.19. The number of carbonyl (C=O) groups is 1. The summed E-state index contributed by atoms with van der Waals surface area (Å²) >= 11 is 0. The Labute approximate surface area is 212 Å². The summed E-state index contributed by atoms with van der Waals surface area (Å²) in [6.45, 7) is 8.87. The lowest BCUT2D eigenvalue weighted by atomic mass is 10.1. The third kappa shape index (κ3) is 4.84. The minimum Gasteiger partial charge on any atom is -0.492 e. The largest absolute Gasteiger partial charge is 0.492 e. The first-order chi connectivity index (χ1) is 17.2. The van der Waals surface area contributed by atoms with E-state index in [1.54, 1.807) is 6.20 Å². The fourth-order valence-corrected chi connectivity index (χ4v) is 5.96. The number of amides is 1. The highest BCUT2D eigenvalue weighted by Crippen LogP contribution is 2.37. The first kappa shape index (κ1) is 24.3. The number of pyridine rings is 1. The van der Waals surface area contributed by atoms with Gasteiger partial charge < -0.3 is 35.1 Å². The van der Waals surface area contributed by atoms with E-state index in [1.807, 2.05) is 26.8 Å². The first-order valence-electron chi connectivity index (χ1n) is 12.0. The third-order valence-corrected chi connectivity index (χ3v) is 7.75. The Balaban J connectivity index is 1.37. The summed E-state index contributed by atoms with van der Waals surface area (Å²) in [6.07, 6.45) is 1.50. The lowest BCUT2D eigenvalue weighted by molar-refractivity contribution is 0.138. The van der Waals surface area contributed by atoms with Gasteiger partial charge in [0.05, 0.1) is 40.9 Å². The van der Waals surface area contributed by atoms with E-state index < -0.39 is 22.4 Å². The van der Waals surface area contributed by atoms with Gasteiger partial charge in [-0.2, -0.15) is 4.98 Å². The van der Waals surface area contributed by atoms with Crippen molar-refractivity contribution in [3.05, 3.63) is 18.0 Å². The van der Waals surface area contributed by atoms with Crippen LogP contribution in [0.25, 0.3) is 0 Å². The summed E-state index contributed by atoms with van der Waals surface area (Å²) in [4.78, 5) is 30.3. The number of rotatable bonds is 7. The van der Waals surface area contributed by atoms with Crippen LogP contribution in [0.5, 0.6) is 11.5 Å². The lowest BCUT2D eigenvalue weighted by Crippen LogP contribution is -2.58. The molecule has 5 rings (SSSR count). The molecule has 0 aliphatic carbocycles. The van der Waals surface area contributed by atoms with E-state index in [1.165, 1.54) is 0 Å². The maximum Gasteiger partial charge on any atom is 0.404 e. The van der Waals surface area contributed by atoms with E-state index in [9.17, 15) is 9.00 Å². The molecule has 2 unspecified atom stereocenters. The topological polar surface area (TPSA) is 145 Å². The van der Waals surface area contributed by atoms with Crippen molar-refractivity contribution < 1.29 is 23.2 Å². The van der Waals surface area contributed by atoms with Crippen LogP contribution in [0.4, 0.5) is 22.4 Å². The Kier molecular flexibility index (Phi) is 6.49. The van der Waals surface area contributed by atoms with Crippen molar-refractivity contribution in [1.82, 2.24) is 15.0 Å². The van der Waals surface area contributed by atoms with E-state index >= 15 is 0 Å². The number of nitrogens with zero attached hydrogens (tertiary/aromatic N) is 5. The quantitative estimate of drug-likeness (QED) is 0.548. The molecule has 36 heavy (non-hydrogen) atoms. The number of primary amides is 1. The Morgan fingerprint density at radius 3 is 2.97 bits per heavy atom. The zero-order valence-electron chi connectivity index (χ0n) is 20.7. The van der Waals surface area contributed by atoms with Crippen molar-refractivity contribution >= 4 is 34.5 Å². The van der Waals surface area contributed by atoms with Crippen molar-refractivity contribution in [2.75, 3.05) is 60.3 Å². The van der Waals surface area contributed by atoms with Crippen LogP contribution in [-0.4, -0.2) is 82.0 Å². The fourth-order valence-electron chi connectivity index (χ4n) is 4.65. The molecule has 194 valence electrons. The van der Waals surface area contributed by atoms with Crippen molar-refractivity contribution in [3.63, 3.8) is 0 Å². The van der Waals surface area contributed by atoms with Crippen LogP contribution < -0.4 is 30.3 Å². The number of hydrogen-bond acceptors (Lipinski definition) is 11. The van der Waals surface area contributed by atoms with Gasteiger partial charge in [-0.3, -0.25) is 4.21 Å². The number of nitrogens with two attached hydrogens (primary N) is 1. The summed E-state index contributed by atoms with van der Waals surface area (Å²) in [5.74, 6) is 3.83. The molecule has 3 aliphatic rings. The first-order valence-corrected chi connectivity index (χ1v) is 13.3. The average molecular weight is 518 g/mol. The number of piperazine rings is 1. The molecule has 13 heteroatoms. The predicted octanol–water partition coefficient (Wildman–Crippen LogP) is 1.31. The zero-order chi connectivity index (χ0) is 25.4. The van der Waals surface area contributed by atoms with E-state index in [4.69, 9.17) is 29.9 Å². The molecule has 2 aromatic rings. The smallest absolute Gasteiger partial charge is 0.404 e. The van der Waals surface area contributed by atoms with E-state index in [0.717, 1.165) is 23.8 Å². The number of carbonyl (C=O) groups excluding carboxylic acids is 1. The molecule has 0 radical (unpaired) electrons. The van der Waals surface area contributed by atoms with E-state index in [2.05, 4.69) is 20.1 Å². The standard InChI is InChI=1S/C23H31N7O5S/c1-4-33-15-9-17-20(25-10-15)30-7-6-29(11-14(30)12-34-17)22-26-16-5-8-36(32)18(16)19(27-22)28-23(2,3)13-35-21(24)31/h9-10,14H,4-8,11-13H2,1-3H3,(H2,24,31)(H,26,27,28). The number of aryl methyl sites for hydroxylation is 1. The van der Waals surface area contributed by atoms with Crippen LogP contribution >= 0.6 is 0 Å². The maximum absolute atomic E-state index is 12.7. The van der Waals surface area contributed by atoms with Gasteiger partial charge in [0.2, 0.25) is 5.95 Å². The number of ether oxygens (including phenoxy) is 3. The normalized spacial score (nSPS) is 20.6. The fraction of sp³-hybridized carbons (Fsp3) is 0.565. The van der Waals surface area contributed by atoms with Gasteiger partial charge in [-0.15, -0.1) is 0 Å². The van der Waals surface area contributed by atoms with Gasteiger partial charge in [-0.1, -0.05) is 0 Å². The molecule has 1 amide bonds. The molecule has 2 atom stereocenters. The highest BCUT2D eigenvalue weighted by Gasteiger charge is 2.36. The minimum absolute atomic E-state index is 0.0403. The molecule has 1 saturated heterocycles. The van der Waals surface area contributed by atoms with Gasteiger partial charge >= 0.3 is 6.09 Å². The second kappa shape index (κ2) is 9.60. The Morgan fingerprint density at radius 2 is 2.19 bits per heavy atom. The van der Waals surface area contributed by atoms with Gasteiger partial charge in [-0.25, -0.2) is 14.8 Å². The molecule has 3 aliphatic heterocycles. The predicted molar refractivity (Wildman–Crippen MR) is 134 cm³/mol. The van der Waals surface area contributed by atoms with Crippen LogP contribution in [0.15, 0.2) is 17.2 Å². The van der Waals surface area contributed by atoms with Gasteiger partial charge in [0.1, 0.15) is 29.7 Å². The molecule has 5 heterocycles. The molecule has 12 nitrogen and oxygen atoms in total. The highest BCUT2D eigenvalue weighted by atomic mass is 32.2. The maximum atomic E-state index is 12.7. The van der Waals surface area contributed by atoms with Crippen molar-refractivity contribution in [3.8, 4) is 11.5 Å². The average Bonchev–Trinajstić information content (AvgIpc) is 3.23. The molecule has 0 bridgehead atoms. The molecule has 1 fully saturated rings. The Hall–Kier alpha value is -3.35. The second-order valence-corrected chi connectivity index (χ2v) is 11.1. The van der Waals surface area contributed by atoms with Gasteiger partial charge in [-0.05, 0) is 20.8 Å². The number of aromatic nitrogens is 3. The molecule has 0 saturated carbocycles. The number of anilines is 3. The second-order valence-electron chi connectivity index (χ2n) is 9.59. The number of nitrogens with one attached hydrogen (secondary N) is 1. The van der Waals surface area contributed by atoms with Crippen molar-refractivity contribution in [2.24, 2.45) is 5.73 Å². The van der Waals surface area contributed by atoms with Crippen LogP contribution in [0.2, 0.25) is 0 Å². The van der Waals surface area contributed by atoms with Gasteiger partial charge in [0, 0.05) is 37.9 Å². The van der Waals surface area contributed by atoms with Crippen LogP contribution in [0.3, 0.4) is 0 Å². The monoisotopic (exact) mass is 517 g/mol. The summed E-state index contributed by atoms with van der Waals surface area (Å²) in [6, 6.07) is 1.97. The Bertz CT molecular complexity index is 1190. The third-order valence-electron chi connectivity index (χ3n) is 6.30. The van der Waals surface area contributed by atoms with Crippen molar-refractivity contribution in [2.45, 2.75) is 43.7 Å². The molecular formula is C23H31N7O5S. The molecule has 0 spiro atoms. The summed E-state index contributed by atoms with van der Waals surface area (Å²) in [7, 11) is -1.19. The van der Waals surface area contributed by atoms with Gasteiger partial charge in [0.15, 0.2) is 11.6 Å². The SMILES string of the molecule is CCOc1cnc2c(c1)OCC1CN(c3nc4c(c(NC(C)(C)COC(N)=O)n3)S(=O)CC4)CCN21. The number of hydrogen-bond donors (Lipinski definition) is 2. The molecule has 3 N–H and O–H groups in total. The van der Waals surface area contributed by atoms with E-state index in [0.29, 0.717) is 60.9 Å². The molecule has 0 aromatic carbocycles. The molecular weight excluding hydrogens is 486 g/mol.